The molecule has 1 aliphatic carbocycles. The molecule has 0 saturated carbocycles. The fourth-order valence-corrected chi connectivity index (χ4v) is 4.68. The van der Waals surface area contributed by atoms with Crippen molar-refractivity contribution in [2.75, 3.05) is 6.54 Å². The van der Waals surface area contributed by atoms with Crippen molar-refractivity contribution in [2.45, 2.75) is 24.8 Å². The van der Waals surface area contributed by atoms with Crippen LogP contribution in [0, 0.1) is 11.3 Å². The van der Waals surface area contributed by atoms with Gasteiger partial charge in [-0.2, -0.15) is 5.26 Å². The van der Waals surface area contributed by atoms with Crippen LogP contribution in [0.1, 0.15) is 51.8 Å². The van der Waals surface area contributed by atoms with E-state index < -0.39 is 0 Å². The fourth-order valence-electron chi connectivity index (χ4n) is 4.68. The lowest BCUT2D eigenvalue weighted by molar-refractivity contribution is 0.0620. The van der Waals surface area contributed by atoms with Gasteiger partial charge < -0.3 is 4.90 Å². The first-order valence-corrected chi connectivity index (χ1v) is 9.75. The van der Waals surface area contributed by atoms with Crippen LogP contribution in [0.3, 0.4) is 0 Å². The quantitative estimate of drug-likeness (QED) is 0.619. The molecule has 3 heteroatoms. The third-order valence-corrected chi connectivity index (χ3v) is 6.12. The van der Waals surface area contributed by atoms with Gasteiger partial charge in [-0.25, -0.2) is 0 Å². The zero-order chi connectivity index (χ0) is 19.1. The summed E-state index contributed by atoms with van der Waals surface area (Å²) in [5, 5.41) is 8.99. The molecule has 1 fully saturated rings. The molecule has 136 valence electrons. The number of carbonyl (C=O) groups is 1. The topological polar surface area (TPSA) is 44.1 Å². The molecule has 3 aromatic rings. The minimum Gasteiger partial charge on any atom is -0.332 e. The molecular weight excluding hydrogens is 344 g/mol. The molecule has 2 bridgehead atoms. The Hall–Kier alpha value is -3.38. The van der Waals surface area contributed by atoms with Gasteiger partial charge in [0.05, 0.1) is 17.7 Å². The molecule has 0 aromatic heterocycles. The SMILES string of the molecule is N#Cc1ccc(C(=O)N2CC[C@@H]3CC2c2cc(-c4ccccc4)ccc23)cc1. The fraction of sp³-hybridized carbons (Fsp3) is 0.200. The number of hydrogen-bond acceptors (Lipinski definition) is 2. The van der Waals surface area contributed by atoms with Gasteiger partial charge in [0.25, 0.3) is 5.91 Å². The van der Waals surface area contributed by atoms with E-state index in [4.69, 9.17) is 5.26 Å². The van der Waals surface area contributed by atoms with Crippen LogP contribution in [0.15, 0.2) is 72.8 Å². The maximum atomic E-state index is 13.2. The second-order valence-corrected chi connectivity index (χ2v) is 7.63. The number of rotatable bonds is 2. The van der Waals surface area contributed by atoms with E-state index in [1.165, 1.54) is 22.3 Å². The van der Waals surface area contributed by atoms with Gasteiger partial charge in [0.1, 0.15) is 0 Å². The molecule has 3 aromatic carbocycles. The number of hydrogen-bond donors (Lipinski definition) is 0. The molecule has 3 nitrogen and oxygen atoms in total. The lowest BCUT2D eigenvalue weighted by Gasteiger charge is -2.34. The van der Waals surface area contributed by atoms with Crippen molar-refractivity contribution in [3.05, 3.63) is 95.1 Å². The van der Waals surface area contributed by atoms with Crippen molar-refractivity contribution in [3.63, 3.8) is 0 Å². The van der Waals surface area contributed by atoms with Gasteiger partial charge >= 0.3 is 0 Å². The highest BCUT2D eigenvalue weighted by molar-refractivity contribution is 5.95. The van der Waals surface area contributed by atoms with Crippen LogP contribution < -0.4 is 0 Å². The maximum Gasteiger partial charge on any atom is 0.254 e. The van der Waals surface area contributed by atoms with Gasteiger partial charge in [-0.1, -0.05) is 42.5 Å². The van der Waals surface area contributed by atoms with Crippen molar-refractivity contribution < 1.29 is 4.79 Å². The van der Waals surface area contributed by atoms with Crippen molar-refractivity contribution in [3.8, 4) is 17.2 Å². The Morgan fingerprint density at radius 2 is 1.71 bits per heavy atom. The molecule has 2 atom stereocenters. The van der Waals surface area contributed by atoms with E-state index in [0.717, 1.165) is 19.4 Å². The summed E-state index contributed by atoms with van der Waals surface area (Å²) in [6.45, 7) is 0.781. The zero-order valence-electron chi connectivity index (χ0n) is 15.5. The Kier molecular flexibility index (Phi) is 3.98. The van der Waals surface area contributed by atoms with E-state index in [1.54, 1.807) is 24.3 Å². The summed E-state index contributed by atoms with van der Waals surface area (Å²) in [5.41, 5.74) is 6.35. The summed E-state index contributed by atoms with van der Waals surface area (Å²) >= 11 is 0. The normalized spacial score (nSPS) is 19.8. The highest BCUT2D eigenvalue weighted by Gasteiger charge is 2.41. The van der Waals surface area contributed by atoms with Gasteiger partial charge in [-0.15, -0.1) is 0 Å². The number of nitriles is 1. The molecular formula is C25H20N2O. The molecule has 0 N–H and O–H groups in total. The second kappa shape index (κ2) is 6.65. The summed E-state index contributed by atoms with van der Waals surface area (Å²) in [5.74, 6) is 0.612. The van der Waals surface area contributed by atoms with Gasteiger partial charge in [-0.3, -0.25) is 4.79 Å². The van der Waals surface area contributed by atoms with Crippen LogP contribution in [-0.4, -0.2) is 17.4 Å². The van der Waals surface area contributed by atoms with Crippen LogP contribution in [0.25, 0.3) is 11.1 Å². The molecule has 1 saturated heterocycles. The predicted molar refractivity (Wildman–Crippen MR) is 109 cm³/mol. The Labute approximate surface area is 164 Å². The number of amides is 1. The number of benzene rings is 3. The van der Waals surface area contributed by atoms with Crippen molar-refractivity contribution in [1.82, 2.24) is 4.90 Å². The highest BCUT2D eigenvalue weighted by atomic mass is 16.2. The Bertz CT molecular complexity index is 1080. The van der Waals surface area contributed by atoms with Crippen LogP contribution >= 0.6 is 0 Å². The highest BCUT2D eigenvalue weighted by Crippen LogP contribution is 2.50. The smallest absolute Gasteiger partial charge is 0.254 e. The molecule has 0 radical (unpaired) electrons. The average molecular weight is 364 g/mol. The third-order valence-electron chi connectivity index (χ3n) is 6.12. The van der Waals surface area contributed by atoms with Gasteiger partial charge in [-0.05, 0) is 71.3 Å². The van der Waals surface area contributed by atoms with E-state index in [9.17, 15) is 4.79 Å². The van der Waals surface area contributed by atoms with E-state index in [-0.39, 0.29) is 11.9 Å². The molecule has 1 aliphatic heterocycles. The lowest BCUT2D eigenvalue weighted by Crippen LogP contribution is -2.37. The first-order chi connectivity index (χ1) is 13.7. The summed E-state index contributed by atoms with van der Waals surface area (Å²) < 4.78 is 0. The number of piperidine rings is 1. The van der Waals surface area contributed by atoms with Gasteiger partial charge in [0.15, 0.2) is 0 Å². The maximum absolute atomic E-state index is 13.2. The van der Waals surface area contributed by atoms with Gasteiger partial charge in [0.2, 0.25) is 0 Å². The van der Waals surface area contributed by atoms with Crippen molar-refractivity contribution >= 4 is 5.91 Å². The van der Waals surface area contributed by atoms with Crippen molar-refractivity contribution in [2.24, 2.45) is 0 Å². The largest absolute Gasteiger partial charge is 0.332 e. The van der Waals surface area contributed by atoms with E-state index in [0.29, 0.717) is 17.0 Å². The summed E-state index contributed by atoms with van der Waals surface area (Å²) in [7, 11) is 0. The average Bonchev–Trinajstić information content (AvgIpc) is 3.05. The predicted octanol–water partition coefficient (Wildman–Crippen LogP) is 5.30. The third kappa shape index (κ3) is 2.70. The molecule has 1 heterocycles. The summed E-state index contributed by atoms with van der Waals surface area (Å²) in [6.07, 6.45) is 2.02. The standard InChI is InChI=1S/C25H20N2O/c26-16-17-6-8-19(9-7-17)25(28)27-13-12-21-15-24(27)23-14-20(10-11-22(21)23)18-4-2-1-3-5-18/h1-11,14,21,24H,12-13,15H2/t21-,24?/m1/s1. The van der Waals surface area contributed by atoms with Crippen LogP contribution in [0.2, 0.25) is 0 Å². The summed E-state index contributed by atoms with van der Waals surface area (Å²) in [6, 6.07) is 26.4. The lowest BCUT2D eigenvalue weighted by atomic mass is 9.94. The van der Waals surface area contributed by atoms with Gasteiger partial charge in [0, 0.05) is 12.1 Å². The molecule has 5 rings (SSSR count). The monoisotopic (exact) mass is 364 g/mol. The van der Waals surface area contributed by atoms with Crippen LogP contribution in [0.5, 0.6) is 0 Å². The number of carbonyl (C=O) groups excluding carboxylic acids is 1. The molecule has 2 aliphatic rings. The molecule has 0 spiro atoms. The Morgan fingerprint density at radius 1 is 0.929 bits per heavy atom. The first kappa shape index (κ1) is 16.8. The van der Waals surface area contributed by atoms with Crippen LogP contribution in [-0.2, 0) is 0 Å². The summed E-state index contributed by atoms with van der Waals surface area (Å²) in [4.78, 5) is 15.2. The van der Waals surface area contributed by atoms with E-state index in [2.05, 4.69) is 48.5 Å². The molecule has 1 amide bonds. The van der Waals surface area contributed by atoms with Crippen molar-refractivity contribution in [1.29, 1.82) is 5.26 Å². The minimum atomic E-state index is 0.0610. The number of fused-ring (bicyclic) bond motifs is 5. The number of likely N-dealkylation sites (tertiary alicyclic amines) is 1. The molecule has 1 unspecified atom stereocenters. The Morgan fingerprint density at radius 3 is 2.46 bits per heavy atom. The molecule has 28 heavy (non-hydrogen) atoms. The minimum absolute atomic E-state index is 0.0610. The van der Waals surface area contributed by atoms with E-state index in [1.807, 2.05) is 11.0 Å². The first-order valence-electron chi connectivity index (χ1n) is 9.75. The Balaban J connectivity index is 1.49. The zero-order valence-corrected chi connectivity index (χ0v) is 15.5. The van der Waals surface area contributed by atoms with Crippen LogP contribution in [0.4, 0.5) is 0 Å². The van der Waals surface area contributed by atoms with E-state index >= 15 is 0 Å². The second-order valence-electron chi connectivity index (χ2n) is 7.63. The number of nitrogens with zero attached hydrogens (tertiary/aromatic N) is 2.